The molecule has 0 fully saturated rings. The van der Waals surface area contributed by atoms with Gasteiger partial charge in [0.15, 0.2) is 6.61 Å². The highest BCUT2D eigenvalue weighted by Crippen LogP contribution is 2.19. The molecule has 0 aliphatic heterocycles. The molecule has 0 saturated heterocycles. The molecule has 0 bridgehead atoms. The van der Waals surface area contributed by atoms with E-state index in [1.165, 1.54) is 12.1 Å². The molecule has 0 spiro atoms. The molecular weight excluding hydrogens is 259 g/mol. The van der Waals surface area contributed by atoms with Gasteiger partial charge in [-0.2, -0.15) is 0 Å². The van der Waals surface area contributed by atoms with Crippen LogP contribution in [0.3, 0.4) is 0 Å². The van der Waals surface area contributed by atoms with Gasteiger partial charge >= 0.3 is 0 Å². The summed E-state index contributed by atoms with van der Waals surface area (Å²) in [6.07, 6.45) is 0. The zero-order valence-electron chi connectivity index (χ0n) is 10.8. The highest BCUT2D eigenvalue weighted by atomic mass is 19.1. The molecule has 0 radical (unpaired) electrons. The van der Waals surface area contributed by atoms with Crippen molar-refractivity contribution >= 4 is 11.6 Å². The highest BCUT2D eigenvalue weighted by Gasteiger charge is 2.04. The van der Waals surface area contributed by atoms with Crippen LogP contribution in [0, 0.1) is 5.82 Å². The van der Waals surface area contributed by atoms with Crippen LogP contribution in [-0.4, -0.2) is 12.5 Å². The Balaban J connectivity index is 1.78. The number of carbonyl (C=O) groups is 1. The Bertz CT molecular complexity index is 585. The largest absolute Gasteiger partial charge is 0.482 e. The van der Waals surface area contributed by atoms with E-state index >= 15 is 0 Å². The third kappa shape index (κ3) is 3.98. The lowest BCUT2D eigenvalue weighted by atomic mass is 10.2. The van der Waals surface area contributed by atoms with Crippen LogP contribution in [-0.2, 0) is 11.3 Å². The molecule has 4 nitrogen and oxygen atoms in total. The summed E-state index contributed by atoms with van der Waals surface area (Å²) >= 11 is 0. The molecular formula is C15H15FN2O2. The lowest BCUT2D eigenvalue weighted by Gasteiger charge is -2.09. The number of hydrogen-bond donors (Lipinski definition) is 2. The van der Waals surface area contributed by atoms with E-state index in [0.717, 1.165) is 5.56 Å². The molecule has 0 aromatic heterocycles. The summed E-state index contributed by atoms with van der Waals surface area (Å²) in [6.45, 7) is 0.210. The second-order valence-electron chi connectivity index (χ2n) is 4.23. The first-order chi connectivity index (χ1) is 9.65. The van der Waals surface area contributed by atoms with Crippen LogP contribution in [0.5, 0.6) is 5.75 Å². The van der Waals surface area contributed by atoms with Crippen LogP contribution in [0.1, 0.15) is 5.56 Å². The number of benzene rings is 2. The van der Waals surface area contributed by atoms with E-state index in [9.17, 15) is 9.18 Å². The minimum absolute atomic E-state index is 0.116. The van der Waals surface area contributed by atoms with E-state index in [1.807, 2.05) is 0 Å². The number of hydrogen-bond acceptors (Lipinski definition) is 3. The Morgan fingerprint density at radius 3 is 2.55 bits per heavy atom. The number of nitrogens with one attached hydrogen (secondary N) is 1. The number of halogens is 1. The van der Waals surface area contributed by atoms with Gasteiger partial charge in [0.2, 0.25) is 0 Å². The highest BCUT2D eigenvalue weighted by molar-refractivity contribution is 5.77. The topological polar surface area (TPSA) is 64.3 Å². The van der Waals surface area contributed by atoms with Crippen molar-refractivity contribution in [2.24, 2.45) is 0 Å². The van der Waals surface area contributed by atoms with Gasteiger partial charge < -0.3 is 15.8 Å². The van der Waals surface area contributed by atoms with Crippen LogP contribution in [0.25, 0.3) is 0 Å². The summed E-state index contributed by atoms with van der Waals surface area (Å²) < 4.78 is 18.0. The molecule has 0 unspecified atom stereocenters. The zero-order chi connectivity index (χ0) is 14.4. The Morgan fingerprint density at radius 1 is 1.15 bits per heavy atom. The maximum absolute atomic E-state index is 12.7. The minimum atomic E-state index is -0.303. The van der Waals surface area contributed by atoms with Crippen LogP contribution in [0.15, 0.2) is 48.5 Å². The van der Waals surface area contributed by atoms with E-state index in [0.29, 0.717) is 18.0 Å². The third-order valence-corrected chi connectivity index (χ3v) is 2.68. The quantitative estimate of drug-likeness (QED) is 0.821. The minimum Gasteiger partial charge on any atom is -0.482 e. The van der Waals surface area contributed by atoms with E-state index in [-0.39, 0.29) is 18.3 Å². The van der Waals surface area contributed by atoms with Crippen molar-refractivity contribution in [3.8, 4) is 5.75 Å². The number of ether oxygens (including phenoxy) is 1. The van der Waals surface area contributed by atoms with Gasteiger partial charge in [-0.15, -0.1) is 0 Å². The molecule has 0 aliphatic rings. The van der Waals surface area contributed by atoms with Crippen molar-refractivity contribution in [2.75, 3.05) is 12.3 Å². The molecule has 5 heteroatoms. The van der Waals surface area contributed by atoms with Crippen molar-refractivity contribution in [3.05, 3.63) is 59.9 Å². The average Bonchev–Trinajstić information content (AvgIpc) is 2.46. The second-order valence-corrected chi connectivity index (χ2v) is 4.23. The summed E-state index contributed by atoms with van der Waals surface area (Å²) in [5.74, 6) is -0.0926. The Labute approximate surface area is 116 Å². The fraction of sp³-hybridized carbons (Fsp3) is 0.133. The fourth-order valence-electron chi connectivity index (χ4n) is 1.61. The first kappa shape index (κ1) is 13.9. The smallest absolute Gasteiger partial charge is 0.258 e. The monoisotopic (exact) mass is 274 g/mol. The van der Waals surface area contributed by atoms with Crippen LogP contribution >= 0.6 is 0 Å². The lowest BCUT2D eigenvalue weighted by molar-refractivity contribution is -0.123. The molecule has 2 rings (SSSR count). The van der Waals surface area contributed by atoms with Crippen LogP contribution in [0.4, 0.5) is 10.1 Å². The fourth-order valence-corrected chi connectivity index (χ4v) is 1.61. The van der Waals surface area contributed by atoms with E-state index in [1.54, 1.807) is 36.4 Å². The van der Waals surface area contributed by atoms with Gasteiger partial charge in [0.05, 0.1) is 5.69 Å². The zero-order valence-corrected chi connectivity index (χ0v) is 10.8. The Hall–Kier alpha value is -2.56. The molecule has 0 aliphatic carbocycles. The number of para-hydroxylation sites is 2. The molecule has 20 heavy (non-hydrogen) atoms. The summed E-state index contributed by atoms with van der Waals surface area (Å²) in [7, 11) is 0. The van der Waals surface area contributed by atoms with Gasteiger partial charge in [-0.1, -0.05) is 24.3 Å². The predicted octanol–water partition coefficient (Wildman–Crippen LogP) is 2.10. The Morgan fingerprint density at radius 2 is 1.85 bits per heavy atom. The van der Waals surface area contributed by atoms with E-state index in [2.05, 4.69) is 5.32 Å². The van der Waals surface area contributed by atoms with E-state index < -0.39 is 0 Å². The molecule has 0 atom stereocenters. The normalized spacial score (nSPS) is 10.1. The summed E-state index contributed by atoms with van der Waals surface area (Å²) in [5, 5.41) is 2.68. The first-order valence-electron chi connectivity index (χ1n) is 6.13. The summed E-state index contributed by atoms with van der Waals surface area (Å²) in [4.78, 5) is 11.6. The first-order valence-corrected chi connectivity index (χ1v) is 6.13. The van der Waals surface area contributed by atoms with Gasteiger partial charge in [-0.05, 0) is 29.8 Å². The van der Waals surface area contributed by atoms with Crippen molar-refractivity contribution in [1.82, 2.24) is 5.32 Å². The second kappa shape index (κ2) is 6.56. The van der Waals surface area contributed by atoms with Gasteiger partial charge in [0.25, 0.3) is 5.91 Å². The average molecular weight is 274 g/mol. The Kier molecular flexibility index (Phi) is 4.55. The molecule has 3 N–H and O–H groups in total. The summed E-state index contributed by atoms with van der Waals surface area (Å²) in [5.41, 5.74) is 7.00. The van der Waals surface area contributed by atoms with Gasteiger partial charge in [-0.3, -0.25) is 4.79 Å². The number of anilines is 1. The number of amides is 1. The molecule has 0 heterocycles. The van der Waals surface area contributed by atoms with Gasteiger partial charge in [-0.25, -0.2) is 4.39 Å². The number of carbonyl (C=O) groups excluding carboxylic acids is 1. The summed E-state index contributed by atoms with van der Waals surface area (Å²) in [6, 6.07) is 12.9. The lowest BCUT2D eigenvalue weighted by Crippen LogP contribution is -2.28. The molecule has 0 saturated carbocycles. The maximum atomic E-state index is 12.7. The number of rotatable bonds is 5. The van der Waals surface area contributed by atoms with Gasteiger partial charge in [0, 0.05) is 6.54 Å². The molecule has 104 valence electrons. The SMILES string of the molecule is Nc1ccccc1OCC(=O)NCc1ccc(F)cc1. The molecule has 1 amide bonds. The molecule has 2 aromatic rings. The predicted molar refractivity (Wildman–Crippen MR) is 74.6 cm³/mol. The number of nitrogen functional groups attached to an aromatic ring is 1. The van der Waals surface area contributed by atoms with Crippen molar-refractivity contribution in [1.29, 1.82) is 0 Å². The standard InChI is InChI=1S/C15H15FN2O2/c16-12-7-5-11(6-8-12)9-18-15(19)10-20-14-4-2-1-3-13(14)17/h1-8H,9-10,17H2,(H,18,19). The van der Waals surface area contributed by atoms with E-state index in [4.69, 9.17) is 10.5 Å². The van der Waals surface area contributed by atoms with Crippen molar-refractivity contribution < 1.29 is 13.9 Å². The third-order valence-electron chi connectivity index (χ3n) is 2.68. The van der Waals surface area contributed by atoms with Crippen LogP contribution < -0.4 is 15.8 Å². The van der Waals surface area contributed by atoms with Crippen LogP contribution in [0.2, 0.25) is 0 Å². The maximum Gasteiger partial charge on any atom is 0.258 e. The molecule has 2 aromatic carbocycles. The van der Waals surface area contributed by atoms with Crippen molar-refractivity contribution in [2.45, 2.75) is 6.54 Å². The van der Waals surface area contributed by atoms with Crippen molar-refractivity contribution in [3.63, 3.8) is 0 Å². The number of nitrogens with two attached hydrogens (primary N) is 1. The van der Waals surface area contributed by atoms with Gasteiger partial charge in [0.1, 0.15) is 11.6 Å².